The van der Waals surface area contributed by atoms with Crippen molar-refractivity contribution in [1.29, 1.82) is 0 Å². The molecule has 5 heteroatoms. The predicted octanol–water partition coefficient (Wildman–Crippen LogP) is 3.52. The van der Waals surface area contributed by atoms with E-state index in [0.717, 1.165) is 18.5 Å². The molecule has 1 aliphatic heterocycles. The molecule has 2 aromatic carbocycles. The quantitative estimate of drug-likeness (QED) is 0.855. The lowest BCUT2D eigenvalue weighted by molar-refractivity contribution is -0.120. The smallest absolute Gasteiger partial charge is 0.237 e. The number of rotatable bonds is 5. The standard InChI is InChI=1S/C19H22N2OS.ClH/c1-23-18(15-8-3-2-4-9-15)19(22)21-13-17-16-10-6-5-7-14(16)11-12-20-17;/h2-10,17-18,20H,11-13H2,1H3,(H,21,22);1H. The number of halogens is 1. The summed E-state index contributed by atoms with van der Waals surface area (Å²) in [6.45, 7) is 1.59. The van der Waals surface area contributed by atoms with Gasteiger partial charge in [-0.25, -0.2) is 0 Å². The van der Waals surface area contributed by atoms with Crippen LogP contribution in [0.2, 0.25) is 0 Å². The molecule has 2 aromatic rings. The van der Waals surface area contributed by atoms with Gasteiger partial charge in [-0.2, -0.15) is 0 Å². The number of carbonyl (C=O) groups excluding carboxylic acids is 1. The lowest BCUT2D eigenvalue weighted by atomic mass is 9.94. The van der Waals surface area contributed by atoms with Crippen molar-refractivity contribution in [3.05, 3.63) is 71.3 Å². The normalized spacial score (nSPS) is 17.3. The Bertz CT molecular complexity index is 665. The number of carbonyl (C=O) groups is 1. The van der Waals surface area contributed by atoms with Crippen LogP contribution in [0.5, 0.6) is 0 Å². The van der Waals surface area contributed by atoms with Crippen LogP contribution < -0.4 is 10.6 Å². The van der Waals surface area contributed by atoms with Crippen LogP contribution in [0.15, 0.2) is 54.6 Å². The number of fused-ring (bicyclic) bond motifs is 1. The van der Waals surface area contributed by atoms with Crippen molar-refractivity contribution in [1.82, 2.24) is 10.6 Å². The minimum Gasteiger partial charge on any atom is -0.353 e. The van der Waals surface area contributed by atoms with Crippen molar-refractivity contribution in [2.45, 2.75) is 17.7 Å². The molecule has 128 valence electrons. The zero-order valence-electron chi connectivity index (χ0n) is 13.7. The maximum absolute atomic E-state index is 12.6. The Labute approximate surface area is 154 Å². The number of thioether (sulfide) groups is 1. The molecule has 3 rings (SSSR count). The van der Waals surface area contributed by atoms with E-state index in [2.05, 4.69) is 34.9 Å². The highest BCUT2D eigenvalue weighted by Gasteiger charge is 2.23. The molecule has 0 saturated carbocycles. The summed E-state index contributed by atoms with van der Waals surface area (Å²) in [7, 11) is 0. The maximum Gasteiger partial charge on any atom is 0.237 e. The van der Waals surface area contributed by atoms with Crippen molar-refractivity contribution in [3.8, 4) is 0 Å². The largest absolute Gasteiger partial charge is 0.353 e. The third-order valence-electron chi connectivity index (χ3n) is 4.27. The van der Waals surface area contributed by atoms with Gasteiger partial charge in [-0.15, -0.1) is 24.2 Å². The molecule has 0 aliphatic carbocycles. The molecule has 24 heavy (non-hydrogen) atoms. The molecule has 0 fully saturated rings. The van der Waals surface area contributed by atoms with Gasteiger partial charge < -0.3 is 10.6 Å². The first-order chi connectivity index (χ1) is 11.3. The van der Waals surface area contributed by atoms with Crippen LogP contribution in [0, 0.1) is 0 Å². The van der Waals surface area contributed by atoms with Crippen molar-refractivity contribution >= 4 is 30.1 Å². The number of nitrogens with one attached hydrogen (secondary N) is 2. The minimum absolute atomic E-state index is 0. The first kappa shape index (κ1) is 18.8. The summed E-state index contributed by atoms with van der Waals surface area (Å²) in [6.07, 6.45) is 3.03. The van der Waals surface area contributed by atoms with E-state index in [1.165, 1.54) is 11.1 Å². The van der Waals surface area contributed by atoms with E-state index in [1.54, 1.807) is 11.8 Å². The summed E-state index contributed by atoms with van der Waals surface area (Å²) >= 11 is 1.57. The fraction of sp³-hybridized carbons (Fsp3) is 0.316. The highest BCUT2D eigenvalue weighted by molar-refractivity contribution is 7.99. The molecule has 3 nitrogen and oxygen atoms in total. The van der Waals surface area contributed by atoms with Gasteiger partial charge in [0.25, 0.3) is 0 Å². The lowest BCUT2D eigenvalue weighted by Crippen LogP contribution is -2.40. The summed E-state index contributed by atoms with van der Waals surface area (Å²) in [6, 6.07) is 18.6. The molecule has 0 bridgehead atoms. The zero-order chi connectivity index (χ0) is 16.1. The number of hydrogen-bond donors (Lipinski definition) is 2. The molecule has 0 radical (unpaired) electrons. The maximum atomic E-state index is 12.6. The van der Waals surface area contributed by atoms with Gasteiger partial charge in [0.2, 0.25) is 5.91 Å². The Morgan fingerprint density at radius 1 is 1.21 bits per heavy atom. The van der Waals surface area contributed by atoms with Gasteiger partial charge in [0.15, 0.2) is 0 Å². The van der Waals surface area contributed by atoms with Crippen LogP contribution in [0.3, 0.4) is 0 Å². The molecule has 2 unspecified atom stereocenters. The van der Waals surface area contributed by atoms with E-state index >= 15 is 0 Å². The molecule has 0 saturated heterocycles. The van der Waals surface area contributed by atoms with Gasteiger partial charge >= 0.3 is 0 Å². The van der Waals surface area contributed by atoms with E-state index < -0.39 is 0 Å². The second-order valence-corrected chi connectivity index (χ2v) is 6.67. The second-order valence-electron chi connectivity index (χ2n) is 5.73. The molecule has 2 N–H and O–H groups in total. The van der Waals surface area contributed by atoms with E-state index in [0.29, 0.717) is 6.54 Å². The molecule has 1 heterocycles. The topological polar surface area (TPSA) is 41.1 Å². The molecule has 1 aliphatic rings. The van der Waals surface area contributed by atoms with Gasteiger partial charge in [-0.1, -0.05) is 54.6 Å². The SMILES string of the molecule is CSC(C(=O)NCC1NCCc2ccccc21)c1ccccc1.Cl. The monoisotopic (exact) mass is 362 g/mol. The summed E-state index contributed by atoms with van der Waals surface area (Å²) in [5.41, 5.74) is 3.74. The highest BCUT2D eigenvalue weighted by Crippen LogP contribution is 2.27. The van der Waals surface area contributed by atoms with Gasteiger partial charge in [0, 0.05) is 12.6 Å². The molecule has 2 atom stereocenters. The third-order valence-corrected chi connectivity index (χ3v) is 5.23. The average molecular weight is 363 g/mol. The fourth-order valence-electron chi connectivity index (χ4n) is 3.09. The molecular weight excluding hydrogens is 340 g/mol. The summed E-state index contributed by atoms with van der Waals surface area (Å²) < 4.78 is 0. The van der Waals surface area contributed by atoms with Crippen LogP contribution in [-0.2, 0) is 11.2 Å². The van der Waals surface area contributed by atoms with Crippen molar-refractivity contribution in [2.75, 3.05) is 19.3 Å². The van der Waals surface area contributed by atoms with Crippen LogP contribution in [-0.4, -0.2) is 25.3 Å². The highest BCUT2D eigenvalue weighted by atomic mass is 35.5. The van der Waals surface area contributed by atoms with E-state index in [9.17, 15) is 4.79 Å². The molecule has 1 amide bonds. The Kier molecular flexibility index (Phi) is 7.16. The van der Waals surface area contributed by atoms with Crippen LogP contribution in [0.4, 0.5) is 0 Å². The number of hydrogen-bond acceptors (Lipinski definition) is 3. The minimum atomic E-state index is -0.157. The van der Waals surface area contributed by atoms with Gasteiger partial charge in [0.05, 0.1) is 0 Å². The zero-order valence-corrected chi connectivity index (χ0v) is 15.3. The average Bonchev–Trinajstić information content (AvgIpc) is 2.61. The first-order valence-corrected chi connectivity index (χ1v) is 9.25. The predicted molar refractivity (Wildman–Crippen MR) is 104 cm³/mol. The Morgan fingerprint density at radius 3 is 2.67 bits per heavy atom. The van der Waals surface area contributed by atoms with Gasteiger partial charge in [0.1, 0.15) is 5.25 Å². The van der Waals surface area contributed by atoms with Gasteiger partial charge in [-0.05, 0) is 35.9 Å². The Hall–Kier alpha value is -1.49. The van der Waals surface area contributed by atoms with Gasteiger partial charge in [-0.3, -0.25) is 4.79 Å². The Balaban J connectivity index is 0.00000208. The molecule has 0 spiro atoms. The second kappa shape index (κ2) is 9.11. The Morgan fingerprint density at radius 2 is 1.92 bits per heavy atom. The fourth-order valence-corrected chi connectivity index (χ4v) is 3.82. The van der Waals surface area contributed by atoms with Crippen LogP contribution in [0.1, 0.15) is 28.0 Å². The number of benzene rings is 2. The molecular formula is C19H23ClN2OS. The molecule has 0 aromatic heterocycles. The third kappa shape index (κ3) is 4.32. The lowest BCUT2D eigenvalue weighted by Gasteiger charge is -2.27. The van der Waals surface area contributed by atoms with E-state index in [1.807, 2.05) is 36.6 Å². The van der Waals surface area contributed by atoms with Crippen molar-refractivity contribution < 1.29 is 4.79 Å². The summed E-state index contributed by atoms with van der Waals surface area (Å²) in [4.78, 5) is 12.6. The van der Waals surface area contributed by atoms with Crippen molar-refractivity contribution in [2.24, 2.45) is 0 Å². The van der Waals surface area contributed by atoms with E-state index in [-0.39, 0.29) is 29.6 Å². The summed E-state index contributed by atoms with van der Waals surface area (Å²) in [5.74, 6) is 0.0774. The van der Waals surface area contributed by atoms with Crippen LogP contribution in [0.25, 0.3) is 0 Å². The van der Waals surface area contributed by atoms with E-state index in [4.69, 9.17) is 0 Å². The number of amides is 1. The van der Waals surface area contributed by atoms with Crippen molar-refractivity contribution in [3.63, 3.8) is 0 Å². The summed E-state index contributed by atoms with van der Waals surface area (Å²) in [5, 5.41) is 6.47. The first-order valence-electron chi connectivity index (χ1n) is 7.96. The van der Waals surface area contributed by atoms with Crippen LogP contribution >= 0.6 is 24.2 Å².